The molecule has 1 rings (SSSR count). The molecule has 0 saturated carbocycles. The highest BCUT2D eigenvalue weighted by Crippen LogP contribution is 2.07. The van der Waals surface area contributed by atoms with Gasteiger partial charge in [-0.1, -0.05) is 19.9 Å². The van der Waals surface area contributed by atoms with Crippen LogP contribution in [0.1, 0.15) is 13.8 Å². The van der Waals surface area contributed by atoms with Crippen LogP contribution < -0.4 is 10.6 Å². The van der Waals surface area contributed by atoms with Gasteiger partial charge in [0.2, 0.25) is 0 Å². The minimum atomic E-state index is -0.344. The van der Waals surface area contributed by atoms with Gasteiger partial charge >= 0.3 is 6.03 Å². The minimum absolute atomic E-state index is 0.328. The minimum Gasteiger partial charge on any atom is -0.315 e. The van der Waals surface area contributed by atoms with E-state index in [-0.39, 0.29) is 11.8 Å². The summed E-state index contributed by atoms with van der Waals surface area (Å²) in [5, 5.41) is 5.13. The number of benzene rings is 1. The number of rotatable bonds is 3. The number of anilines is 1. The average molecular weight is 222 g/mol. The molecule has 4 heteroatoms. The maximum atomic E-state index is 12.6. The number of urea groups is 1. The zero-order valence-electron chi connectivity index (χ0n) is 9.33. The van der Waals surface area contributed by atoms with Crippen LogP contribution in [0, 0.1) is 11.7 Å². The van der Waals surface area contributed by atoms with Crippen molar-refractivity contribution in [3.63, 3.8) is 0 Å². The normalized spacial score (nSPS) is 10.8. The predicted octanol–water partition coefficient (Wildman–Crippen LogP) is 3.12. The van der Waals surface area contributed by atoms with Crippen LogP contribution in [0.3, 0.4) is 0 Å². The van der Waals surface area contributed by atoms with Crippen molar-refractivity contribution >= 4 is 11.7 Å². The van der Waals surface area contributed by atoms with Gasteiger partial charge in [0.25, 0.3) is 0 Å². The molecule has 86 valence electrons. The second kappa shape index (κ2) is 5.90. The molecule has 0 heterocycles. The van der Waals surface area contributed by atoms with Crippen molar-refractivity contribution in [3.8, 4) is 0 Å². The Labute approximate surface area is 94.4 Å². The SMILES string of the molecule is CC(C)/C=C/NC(=O)Nc1ccc(F)cc1. The van der Waals surface area contributed by atoms with Crippen molar-refractivity contribution in [1.29, 1.82) is 0 Å². The Kier molecular flexibility index (Phi) is 4.51. The van der Waals surface area contributed by atoms with Crippen molar-refractivity contribution < 1.29 is 9.18 Å². The molecule has 0 atom stereocenters. The number of carbonyl (C=O) groups is 1. The Morgan fingerprint density at radius 3 is 2.50 bits per heavy atom. The zero-order chi connectivity index (χ0) is 12.0. The highest BCUT2D eigenvalue weighted by molar-refractivity contribution is 5.89. The molecule has 0 spiro atoms. The van der Waals surface area contributed by atoms with Gasteiger partial charge in [-0.2, -0.15) is 0 Å². The van der Waals surface area contributed by atoms with Gasteiger partial charge < -0.3 is 10.6 Å². The first-order chi connectivity index (χ1) is 7.58. The fourth-order valence-electron chi connectivity index (χ4n) is 1.02. The van der Waals surface area contributed by atoms with Crippen LogP contribution in [0.4, 0.5) is 14.9 Å². The van der Waals surface area contributed by atoms with E-state index in [9.17, 15) is 9.18 Å². The largest absolute Gasteiger partial charge is 0.323 e. The van der Waals surface area contributed by atoms with E-state index in [0.717, 1.165) is 0 Å². The van der Waals surface area contributed by atoms with Gasteiger partial charge in [-0.3, -0.25) is 0 Å². The van der Waals surface area contributed by atoms with Crippen LogP contribution in [-0.2, 0) is 0 Å². The highest BCUT2D eigenvalue weighted by Gasteiger charge is 1.98. The van der Waals surface area contributed by atoms with Gasteiger partial charge in [0.05, 0.1) is 0 Å². The molecule has 3 nitrogen and oxygen atoms in total. The maximum absolute atomic E-state index is 12.6. The van der Waals surface area contributed by atoms with Crippen LogP contribution in [0.15, 0.2) is 36.5 Å². The summed E-state index contributed by atoms with van der Waals surface area (Å²) in [6.07, 6.45) is 3.45. The molecule has 1 aromatic rings. The summed E-state index contributed by atoms with van der Waals surface area (Å²) in [4.78, 5) is 11.3. The Morgan fingerprint density at radius 1 is 1.31 bits per heavy atom. The Balaban J connectivity index is 2.43. The van der Waals surface area contributed by atoms with Crippen LogP contribution >= 0.6 is 0 Å². The zero-order valence-corrected chi connectivity index (χ0v) is 9.33. The van der Waals surface area contributed by atoms with Gasteiger partial charge in [0, 0.05) is 11.9 Å². The van der Waals surface area contributed by atoms with Gasteiger partial charge in [0.15, 0.2) is 0 Å². The summed E-state index contributed by atoms with van der Waals surface area (Å²) >= 11 is 0. The van der Waals surface area contributed by atoms with Crippen LogP contribution in [0.25, 0.3) is 0 Å². The second-order valence-electron chi connectivity index (χ2n) is 3.71. The Hall–Kier alpha value is -1.84. The van der Waals surface area contributed by atoms with Gasteiger partial charge in [0.1, 0.15) is 5.82 Å². The molecule has 0 unspecified atom stereocenters. The lowest BCUT2D eigenvalue weighted by Crippen LogP contribution is -2.23. The molecule has 2 amide bonds. The summed E-state index contributed by atoms with van der Waals surface area (Å²) < 4.78 is 12.6. The van der Waals surface area contributed by atoms with Crippen molar-refractivity contribution in [2.75, 3.05) is 5.32 Å². The van der Waals surface area contributed by atoms with E-state index in [1.165, 1.54) is 24.3 Å². The molecule has 16 heavy (non-hydrogen) atoms. The fraction of sp³-hybridized carbons (Fsp3) is 0.250. The maximum Gasteiger partial charge on any atom is 0.323 e. The number of hydrogen-bond donors (Lipinski definition) is 2. The fourth-order valence-corrected chi connectivity index (χ4v) is 1.02. The van der Waals surface area contributed by atoms with Crippen LogP contribution in [0.2, 0.25) is 0 Å². The number of hydrogen-bond acceptors (Lipinski definition) is 1. The first-order valence-corrected chi connectivity index (χ1v) is 5.07. The standard InChI is InChI=1S/C12H15FN2O/c1-9(2)7-8-14-12(16)15-11-5-3-10(13)4-6-11/h3-9H,1-2H3,(H2,14,15,16)/b8-7+. The summed E-state index contributed by atoms with van der Waals surface area (Å²) in [5.41, 5.74) is 0.553. The van der Waals surface area contributed by atoms with E-state index in [2.05, 4.69) is 10.6 Å². The lowest BCUT2D eigenvalue weighted by atomic mass is 10.2. The molecule has 0 aliphatic heterocycles. The number of carbonyl (C=O) groups excluding carboxylic acids is 1. The number of nitrogens with one attached hydrogen (secondary N) is 2. The molecule has 0 saturated heterocycles. The average Bonchev–Trinajstić information content (AvgIpc) is 2.21. The molecular formula is C12H15FN2O. The number of amides is 2. The Bertz CT molecular complexity index is 371. The molecule has 0 bridgehead atoms. The van der Waals surface area contributed by atoms with Gasteiger partial charge in [-0.15, -0.1) is 0 Å². The number of allylic oxidation sites excluding steroid dienone is 1. The summed E-state index contributed by atoms with van der Waals surface area (Å²) in [7, 11) is 0. The molecule has 0 aromatic heterocycles. The summed E-state index contributed by atoms with van der Waals surface area (Å²) in [5.74, 6) is 0.0526. The second-order valence-corrected chi connectivity index (χ2v) is 3.71. The molecule has 0 aliphatic rings. The summed E-state index contributed by atoms with van der Waals surface area (Å²) in [6.45, 7) is 4.02. The molecule has 0 aliphatic carbocycles. The van der Waals surface area contributed by atoms with Crippen molar-refractivity contribution in [3.05, 3.63) is 42.4 Å². The first-order valence-electron chi connectivity index (χ1n) is 5.07. The van der Waals surface area contributed by atoms with E-state index in [1.807, 2.05) is 19.9 Å². The van der Waals surface area contributed by atoms with Crippen LogP contribution in [0.5, 0.6) is 0 Å². The first kappa shape index (κ1) is 12.2. The quantitative estimate of drug-likeness (QED) is 0.810. The molecular weight excluding hydrogens is 207 g/mol. The monoisotopic (exact) mass is 222 g/mol. The Morgan fingerprint density at radius 2 is 1.94 bits per heavy atom. The van der Waals surface area contributed by atoms with Crippen molar-refractivity contribution in [2.45, 2.75) is 13.8 Å². The van der Waals surface area contributed by atoms with Crippen molar-refractivity contribution in [2.24, 2.45) is 5.92 Å². The smallest absolute Gasteiger partial charge is 0.315 e. The third kappa shape index (κ3) is 4.59. The highest BCUT2D eigenvalue weighted by atomic mass is 19.1. The van der Waals surface area contributed by atoms with Crippen molar-refractivity contribution in [1.82, 2.24) is 5.32 Å². The molecule has 2 N–H and O–H groups in total. The molecule has 0 fully saturated rings. The lowest BCUT2D eigenvalue weighted by molar-refractivity contribution is 0.255. The topological polar surface area (TPSA) is 41.1 Å². The van der Waals surface area contributed by atoms with Gasteiger partial charge in [-0.25, -0.2) is 9.18 Å². The lowest BCUT2D eigenvalue weighted by Gasteiger charge is -2.04. The third-order valence-electron chi connectivity index (χ3n) is 1.80. The van der Waals surface area contributed by atoms with Crippen LogP contribution in [-0.4, -0.2) is 6.03 Å². The summed E-state index contributed by atoms with van der Waals surface area (Å²) in [6, 6.07) is 5.24. The van der Waals surface area contributed by atoms with E-state index in [4.69, 9.17) is 0 Å². The van der Waals surface area contributed by atoms with E-state index in [1.54, 1.807) is 6.20 Å². The van der Waals surface area contributed by atoms with E-state index >= 15 is 0 Å². The third-order valence-corrected chi connectivity index (χ3v) is 1.80. The molecule has 0 radical (unpaired) electrons. The predicted molar refractivity (Wildman–Crippen MR) is 62.5 cm³/mol. The van der Waals surface area contributed by atoms with E-state index < -0.39 is 0 Å². The van der Waals surface area contributed by atoms with E-state index in [0.29, 0.717) is 11.6 Å². The molecule has 1 aromatic carbocycles. The number of halogens is 1. The van der Waals surface area contributed by atoms with Gasteiger partial charge in [-0.05, 0) is 30.2 Å².